The van der Waals surface area contributed by atoms with Crippen LogP contribution in [0.5, 0.6) is 0 Å². The molecule has 0 saturated carbocycles. The number of nitrogens with one attached hydrogen (secondary N) is 1. The maximum absolute atomic E-state index is 9.94. The first-order valence-electron chi connectivity index (χ1n) is 6.22. The number of aromatic nitrogens is 2. The van der Waals surface area contributed by atoms with Gasteiger partial charge in [0.25, 0.3) is 0 Å². The minimum atomic E-state index is -0.468. The molecule has 1 aromatic heterocycles. The molecule has 0 aliphatic carbocycles. The number of hydrogen-bond donors (Lipinski definition) is 2. The van der Waals surface area contributed by atoms with Gasteiger partial charge in [0, 0.05) is 29.1 Å². The fraction of sp³-hybridized carbons (Fsp3) is 0.357. The molecule has 0 fully saturated rings. The van der Waals surface area contributed by atoms with E-state index in [0.29, 0.717) is 13.1 Å². The van der Waals surface area contributed by atoms with Crippen LogP contribution in [0.4, 0.5) is 5.69 Å². The lowest BCUT2D eigenvalue weighted by molar-refractivity contribution is 0.161. The zero-order chi connectivity index (χ0) is 13.8. The number of halogens is 1. The average molecular weight is 324 g/mol. The molecule has 1 heterocycles. The van der Waals surface area contributed by atoms with Gasteiger partial charge in [-0.2, -0.15) is 5.10 Å². The van der Waals surface area contributed by atoms with E-state index in [4.69, 9.17) is 0 Å². The van der Waals surface area contributed by atoms with Gasteiger partial charge in [-0.3, -0.25) is 4.68 Å². The lowest BCUT2D eigenvalue weighted by Gasteiger charge is -2.14. The highest BCUT2D eigenvalue weighted by atomic mass is 79.9. The number of hydrogen-bond acceptors (Lipinski definition) is 3. The summed E-state index contributed by atoms with van der Waals surface area (Å²) in [6.45, 7) is 5.11. The van der Waals surface area contributed by atoms with Crippen molar-refractivity contribution in [3.63, 3.8) is 0 Å². The van der Waals surface area contributed by atoms with Crippen molar-refractivity contribution >= 4 is 21.6 Å². The predicted octanol–water partition coefficient (Wildman–Crippen LogP) is 2.74. The number of benzene rings is 1. The second-order valence-corrected chi connectivity index (χ2v) is 5.48. The first kappa shape index (κ1) is 14.1. The Bertz CT molecular complexity index is 517. The van der Waals surface area contributed by atoms with Crippen LogP contribution in [0.2, 0.25) is 0 Å². The number of aliphatic hydroxyl groups is 1. The molecule has 0 aliphatic rings. The van der Waals surface area contributed by atoms with Crippen molar-refractivity contribution in [2.45, 2.75) is 26.5 Å². The van der Waals surface area contributed by atoms with Crippen LogP contribution in [0.3, 0.4) is 0 Å². The Morgan fingerprint density at radius 2 is 2.05 bits per heavy atom. The van der Waals surface area contributed by atoms with Gasteiger partial charge in [0.15, 0.2) is 0 Å². The molecule has 0 amide bonds. The number of aliphatic hydroxyl groups excluding tert-OH is 1. The molecule has 1 atom stereocenters. The molecule has 0 spiro atoms. The summed E-state index contributed by atoms with van der Waals surface area (Å²) in [5.41, 5.74) is 3.39. The first-order chi connectivity index (χ1) is 9.06. The SMILES string of the molecule is Cc1cc(NCC(O)Cn2cccn2)cc(C)c1Br. The summed E-state index contributed by atoms with van der Waals surface area (Å²) in [4.78, 5) is 0. The molecule has 1 aromatic carbocycles. The Labute approximate surface area is 121 Å². The Balaban J connectivity index is 1.91. The zero-order valence-electron chi connectivity index (χ0n) is 11.1. The number of nitrogens with zero attached hydrogens (tertiary/aromatic N) is 2. The molecular weight excluding hydrogens is 306 g/mol. The predicted molar refractivity (Wildman–Crippen MR) is 80.3 cm³/mol. The quantitative estimate of drug-likeness (QED) is 0.889. The molecule has 0 bridgehead atoms. The van der Waals surface area contributed by atoms with Crippen LogP contribution in [-0.2, 0) is 6.54 Å². The normalized spacial score (nSPS) is 12.4. The van der Waals surface area contributed by atoms with E-state index in [1.807, 2.05) is 12.3 Å². The second-order valence-electron chi connectivity index (χ2n) is 4.69. The molecule has 2 N–H and O–H groups in total. The maximum Gasteiger partial charge on any atom is 0.0907 e. The third kappa shape index (κ3) is 3.81. The molecule has 4 nitrogen and oxygen atoms in total. The fourth-order valence-corrected chi connectivity index (χ4v) is 2.20. The first-order valence-corrected chi connectivity index (χ1v) is 7.01. The van der Waals surface area contributed by atoms with E-state index in [0.717, 1.165) is 10.2 Å². The molecule has 1 unspecified atom stereocenters. The van der Waals surface area contributed by atoms with Crippen molar-refractivity contribution in [1.82, 2.24) is 9.78 Å². The van der Waals surface area contributed by atoms with Crippen molar-refractivity contribution < 1.29 is 5.11 Å². The highest BCUT2D eigenvalue weighted by Crippen LogP contribution is 2.24. The maximum atomic E-state index is 9.94. The van der Waals surface area contributed by atoms with E-state index in [1.165, 1.54) is 11.1 Å². The van der Waals surface area contributed by atoms with E-state index in [1.54, 1.807) is 10.9 Å². The highest BCUT2D eigenvalue weighted by Gasteiger charge is 2.07. The van der Waals surface area contributed by atoms with Crippen LogP contribution in [0.25, 0.3) is 0 Å². The topological polar surface area (TPSA) is 50.1 Å². The van der Waals surface area contributed by atoms with Crippen molar-refractivity contribution in [3.8, 4) is 0 Å². The van der Waals surface area contributed by atoms with Gasteiger partial charge in [0.05, 0.1) is 12.6 Å². The third-order valence-corrected chi connectivity index (χ3v) is 4.19. The highest BCUT2D eigenvalue weighted by molar-refractivity contribution is 9.10. The molecule has 5 heteroatoms. The largest absolute Gasteiger partial charge is 0.389 e. The molecule has 2 aromatic rings. The lowest BCUT2D eigenvalue weighted by atomic mass is 10.1. The summed E-state index contributed by atoms with van der Waals surface area (Å²) in [5, 5.41) is 17.3. The summed E-state index contributed by atoms with van der Waals surface area (Å²) >= 11 is 3.54. The van der Waals surface area contributed by atoms with Gasteiger partial charge in [-0.25, -0.2) is 0 Å². The summed E-state index contributed by atoms with van der Waals surface area (Å²) in [5.74, 6) is 0. The summed E-state index contributed by atoms with van der Waals surface area (Å²) in [7, 11) is 0. The molecule has 2 rings (SSSR count). The van der Waals surface area contributed by atoms with Crippen molar-refractivity contribution in [2.24, 2.45) is 0 Å². The zero-order valence-corrected chi connectivity index (χ0v) is 12.7. The lowest BCUT2D eigenvalue weighted by Crippen LogP contribution is -2.25. The average Bonchev–Trinajstić information content (AvgIpc) is 2.86. The second kappa shape index (κ2) is 6.21. The van der Waals surface area contributed by atoms with Crippen LogP contribution in [0, 0.1) is 13.8 Å². The van der Waals surface area contributed by atoms with Crippen LogP contribution in [0.15, 0.2) is 35.1 Å². The van der Waals surface area contributed by atoms with E-state index in [2.05, 4.69) is 52.3 Å². The summed E-state index contributed by atoms with van der Waals surface area (Å²) in [6.07, 6.45) is 3.09. The van der Waals surface area contributed by atoms with Crippen LogP contribution in [-0.4, -0.2) is 27.5 Å². The third-order valence-electron chi connectivity index (χ3n) is 2.94. The Hall–Kier alpha value is -1.33. The standard InChI is InChI=1S/C14H18BrN3O/c1-10-6-12(7-11(2)14(10)15)16-8-13(19)9-18-5-3-4-17-18/h3-7,13,16,19H,8-9H2,1-2H3. The monoisotopic (exact) mass is 323 g/mol. The number of aryl methyl sites for hydroxylation is 2. The molecule has 19 heavy (non-hydrogen) atoms. The minimum Gasteiger partial charge on any atom is -0.389 e. The van der Waals surface area contributed by atoms with Crippen molar-refractivity contribution in [1.29, 1.82) is 0 Å². The van der Waals surface area contributed by atoms with Crippen molar-refractivity contribution in [2.75, 3.05) is 11.9 Å². The Kier molecular flexibility index (Phi) is 4.61. The van der Waals surface area contributed by atoms with Gasteiger partial charge in [-0.05, 0) is 43.2 Å². The van der Waals surface area contributed by atoms with Crippen LogP contribution in [0.1, 0.15) is 11.1 Å². The van der Waals surface area contributed by atoms with E-state index in [-0.39, 0.29) is 0 Å². The van der Waals surface area contributed by atoms with Crippen molar-refractivity contribution in [3.05, 3.63) is 46.2 Å². The van der Waals surface area contributed by atoms with Crippen LogP contribution >= 0.6 is 15.9 Å². The van der Waals surface area contributed by atoms with Gasteiger partial charge in [0.1, 0.15) is 0 Å². The van der Waals surface area contributed by atoms with Gasteiger partial charge < -0.3 is 10.4 Å². The summed E-state index contributed by atoms with van der Waals surface area (Å²) in [6, 6.07) is 5.98. The van der Waals surface area contributed by atoms with Crippen LogP contribution < -0.4 is 5.32 Å². The van der Waals surface area contributed by atoms with Gasteiger partial charge in [-0.15, -0.1) is 0 Å². The Morgan fingerprint density at radius 1 is 1.37 bits per heavy atom. The molecule has 0 saturated heterocycles. The molecule has 0 radical (unpaired) electrons. The molecule has 0 aliphatic heterocycles. The smallest absolute Gasteiger partial charge is 0.0907 e. The van der Waals surface area contributed by atoms with E-state index >= 15 is 0 Å². The van der Waals surface area contributed by atoms with Gasteiger partial charge >= 0.3 is 0 Å². The summed E-state index contributed by atoms with van der Waals surface area (Å²) < 4.78 is 2.86. The fourth-order valence-electron chi connectivity index (χ4n) is 1.97. The van der Waals surface area contributed by atoms with E-state index in [9.17, 15) is 5.11 Å². The number of rotatable bonds is 5. The Morgan fingerprint density at radius 3 is 2.63 bits per heavy atom. The van der Waals surface area contributed by atoms with Gasteiger partial charge in [-0.1, -0.05) is 15.9 Å². The van der Waals surface area contributed by atoms with Gasteiger partial charge in [0.2, 0.25) is 0 Å². The molecular formula is C14H18BrN3O. The van der Waals surface area contributed by atoms with E-state index < -0.39 is 6.10 Å². The molecule has 102 valence electrons. The minimum absolute atomic E-state index is 0.468. The number of anilines is 1.